The van der Waals surface area contributed by atoms with Crippen LogP contribution in [-0.2, 0) is 0 Å². The second-order valence-corrected chi connectivity index (χ2v) is 4.43. The molecule has 2 aromatic rings. The number of hydrogen-bond donors (Lipinski definition) is 0. The summed E-state index contributed by atoms with van der Waals surface area (Å²) >= 11 is 0. The van der Waals surface area contributed by atoms with Gasteiger partial charge in [-0.05, 0) is 36.4 Å². The molecule has 21 heavy (non-hydrogen) atoms. The summed E-state index contributed by atoms with van der Waals surface area (Å²) in [5.74, 6) is 0. The van der Waals surface area contributed by atoms with Gasteiger partial charge in [0.1, 0.15) is 0 Å². The molecule has 1 heteroatoms. The first-order chi connectivity index (χ1) is 10.4. The molecule has 0 saturated carbocycles. The van der Waals surface area contributed by atoms with Gasteiger partial charge in [-0.15, -0.1) is 0 Å². The van der Waals surface area contributed by atoms with Crippen LogP contribution < -0.4 is 4.90 Å². The SMILES string of the molecule is C=C/C=C\C(=C/C=C)N(c1ccccc1)c1ccccc1. The first-order valence-corrected chi connectivity index (χ1v) is 6.89. The van der Waals surface area contributed by atoms with Gasteiger partial charge in [-0.2, -0.15) is 0 Å². The molecule has 0 atom stereocenters. The Morgan fingerprint density at radius 1 is 0.762 bits per heavy atom. The van der Waals surface area contributed by atoms with Gasteiger partial charge in [0.15, 0.2) is 0 Å². The van der Waals surface area contributed by atoms with E-state index in [-0.39, 0.29) is 0 Å². The summed E-state index contributed by atoms with van der Waals surface area (Å²) in [5, 5.41) is 0. The zero-order valence-electron chi connectivity index (χ0n) is 12.0. The molecule has 0 aromatic heterocycles. The highest BCUT2D eigenvalue weighted by molar-refractivity contribution is 5.70. The lowest BCUT2D eigenvalue weighted by Crippen LogP contribution is -2.14. The number of para-hydroxylation sites is 2. The van der Waals surface area contributed by atoms with Crippen LogP contribution in [0.4, 0.5) is 11.4 Å². The van der Waals surface area contributed by atoms with Crippen LogP contribution in [0.25, 0.3) is 0 Å². The van der Waals surface area contributed by atoms with Gasteiger partial charge in [0.2, 0.25) is 0 Å². The van der Waals surface area contributed by atoms with Crippen LogP contribution >= 0.6 is 0 Å². The third-order valence-corrected chi connectivity index (χ3v) is 2.98. The first-order valence-electron chi connectivity index (χ1n) is 6.89. The van der Waals surface area contributed by atoms with E-state index in [2.05, 4.69) is 42.3 Å². The Labute approximate surface area is 126 Å². The normalized spacial score (nSPS) is 11.3. The highest BCUT2D eigenvalue weighted by Crippen LogP contribution is 2.30. The smallest absolute Gasteiger partial charge is 0.0461 e. The van der Waals surface area contributed by atoms with E-state index in [0.717, 1.165) is 17.1 Å². The largest absolute Gasteiger partial charge is 0.311 e. The van der Waals surface area contributed by atoms with Crippen molar-refractivity contribution in [3.8, 4) is 0 Å². The molecule has 2 aromatic carbocycles. The van der Waals surface area contributed by atoms with Crippen molar-refractivity contribution in [2.75, 3.05) is 4.90 Å². The zero-order chi connectivity index (χ0) is 14.9. The third-order valence-electron chi connectivity index (χ3n) is 2.98. The predicted molar refractivity (Wildman–Crippen MR) is 92.6 cm³/mol. The summed E-state index contributed by atoms with van der Waals surface area (Å²) in [6, 6.07) is 20.5. The Balaban J connectivity index is 2.55. The Bertz CT molecular complexity index is 597. The molecule has 0 fully saturated rings. The molecule has 104 valence electrons. The van der Waals surface area contributed by atoms with Crippen molar-refractivity contribution in [3.63, 3.8) is 0 Å². The van der Waals surface area contributed by atoms with Gasteiger partial charge >= 0.3 is 0 Å². The first kappa shape index (κ1) is 14.6. The lowest BCUT2D eigenvalue weighted by Gasteiger charge is -2.26. The fourth-order valence-corrected chi connectivity index (χ4v) is 2.09. The Morgan fingerprint density at radius 3 is 1.71 bits per heavy atom. The molecule has 0 unspecified atom stereocenters. The van der Waals surface area contributed by atoms with Crippen LogP contribution in [0.2, 0.25) is 0 Å². The van der Waals surface area contributed by atoms with Crippen molar-refractivity contribution >= 4 is 11.4 Å². The van der Waals surface area contributed by atoms with Crippen LogP contribution in [0.1, 0.15) is 0 Å². The Morgan fingerprint density at radius 2 is 1.29 bits per heavy atom. The number of anilines is 2. The molecule has 0 aliphatic rings. The maximum absolute atomic E-state index is 3.82. The average molecular weight is 273 g/mol. The van der Waals surface area contributed by atoms with Crippen molar-refractivity contribution in [3.05, 3.63) is 110 Å². The molecule has 0 spiro atoms. The van der Waals surface area contributed by atoms with E-state index >= 15 is 0 Å². The molecule has 0 bridgehead atoms. The molecule has 0 saturated heterocycles. The maximum Gasteiger partial charge on any atom is 0.0461 e. The molecule has 0 aliphatic carbocycles. The van der Waals surface area contributed by atoms with Crippen molar-refractivity contribution in [2.45, 2.75) is 0 Å². The van der Waals surface area contributed by atoms with E-state index in [1.165, 1.54) is 0 Å². The van der Waals surface area contributed by atoms with Gasteiger partial charge in [0.05, 0.1) is 0 Å². The molecule has 0 heterocycles. The van der Waals surface area contributed by atoms with Crippen LogP contribution in [-0.4, -0.2) is 0 Å². The summed E-state index contributed by atoms with van der Waals surface area (Å²) in [5.41, 5.74) is 3.23. The van der Waals surface area contributed by atoms with Gasteiger partial charge < -0.3 is 4.90 Å². The predicted octanol–water partition coefficient (Wildman–Crippen LogP) is 5.64. The topological polar surface area (TPSA) is 3.24 Å². The minimum absolute atomic E-state index is 1.03. The van der Waals surface area contributed by atoms with Crippen LogP contribution in [0.3, 0.4) is 0 Å². The highest BCUT2D eigenvalue weighted by Gasteiger charge is 2.11. The standard InChI is InChI=1S/C20H19N/c1-3-5-13-18(12-4-2)21(19-14-8-6-9-15-19)20-16-10-7-11-17-20/h3-17H,1-2H2/b13-5-,18-12+. The minimum atomic E-state index is 1.03. The lowest BCUT2D eigenvalue weighted by atomic mass is 10.2. The molecular weight excluding hydrogens is 254 g/mol. The third kappa shape index (κ3) is 3.83. The monoisotopic (exact) mass is 273 g/mol. The summed E-state index contributed by atoms with van der Waals surface area (Å²) in [6.07, 6.45) is 9.50. The van der Waals surface area contributed by atoms with Gasteiger partial charge in [-0.3, -0.25) is 0 Å². The van der Waals surface area contributed by atoms with Crippen molar-refractivity contribution in [2.24, 2.45) is 0 Å². The summed E-state index contributed by atoms with van der Waals surface area (Å²) in [7, 11) is 0. The van der Waals surface area contributed by atoms with Gasteiger partial charge in [-0.25, -0.2) is 0 Å². The van der Waals surface area contributed by atoms with E-state index in [0.29, 0.717) is 0 Å². The fraction of sp³-hybridized carbons (Fsp3) is 0. The molecule has 0 aliphatic heterocycles. The fourth-order valence-electron chi connectivity index (χ4n) is 2.09. The van der Waals surface area contributed by atoms with E-state index in [9.17, 15) is 0 Å². The molecule has 2 rings (SSSR count). The number of rotatable bonds is 6. The zero-order valence-corrected chi connectivity index (χ0v) is 12.0. The number of allylic oxidation sites excluding steroid dienone is 5. The number of nitrogens with zero attached hydrogens (tertiary/aromatic N) is 1. The molecule has 0 radical (unpaired) electrons. The van der Waals surface area contributed by atoms with Crippen LogP contribution in [0.5, 0.6) is 0 Å². The van der Waals surface area contributed by atoms with Crippen molar-refractivity contribution in [1.82, 2.24) is 0 Å². The van der Waals surface area contributed by atoms with E-state index in [1.54, 1.807) is 12.2 Å². The average Bonchev–Trinajstić information content (AvgIpc) is 2.55. The van der Waals surface area contributed by atoms with Crippen molar-refractivity contribution in [1.29, 1.82) is 0 Å². The number of hydrogen-bond acceptors (Lipinski definition) is 1. The minimum Gasteiger partial charge on any atom is -0.311 e. The molecular formula is C20H19N. The highest BCUT2D eigenvalue weighted by atomic mass is 15.1. The molecule has 0 N–H and O–H groups in total. The quantitative estimate of drug-likeness (QED) is 0.616. The van der Waals surface area contributed by atoms with Gasteiger partial charge in [-0.1, -0.05) is 67.8 Å². The van der Waals surface area contributed by atoms with Gasteiger partial charge in [0, 0.05) is 17.1 Å². The lowest BCUT2D eigenvalue weighted by molar-refractivity contribution is 1.21. The van der Waals surface area contributed by atoms with Gasteiger partial charge in [0.25, 0.3) is 0 Å². The van der Waals surface area contributed by atoms with E-state index in [4.69, 9.17) is 0 Å². The molecule has 1 nitrogen and oxygen atoms in total. The van der Waals surface area contributed by atoms with Crippen LogP contribution in [0, 0.1) is 0 Å². The molecule has 0 amide bonds. The summed E-state index contributed by atoms with van der Waals surface area (Å²) < 4.78 is 0. The van der Waals surface area contributed by atoms with E-state index < -0.39 is 0 Å². The van der Waals surface area contributed by atoms with E-state index in [1.807, 2.05) is 54.6 Å². The number of benzene rings is 2. The maximum atomic E-state index is 3.82. The summed E-state index contributed by atoms with van der Waals surface area (Å²) in [6.45, 7) is 7.55. The van der Waals surface area contributed by atoms with Crippen LogP contribution in [0.15, 0.2) is 110 Å². The Hall–Kier alpha value is -2.80. The second kappa shape index (κ2) is 7.71. The Kier molecular flexibility index (Phi) is 5.36. The van der Waals surface area contributed by atoms with Crippen molar-refractivity contribution < 1.29 is 0 Å². The second-order valence-electron chi connectivity index (χ2n) is 4.43. The summed E-state index contributed by atoms with van der Waals surface area (Å²) in [4.78, 5) is 2.18.